The Morgan fingerprint density at radius 1 is 1.17 bits per heavy atom. The Bertz CT molecular complexity index is 1200. The minimum absolute atomic E-state index is 0.0123. The topological polar surface area (TPSA) is 146 Å². The van der Waals surface area contributed by atoms with Crippen molar-refractivity contribution >= 4 is 17.9 Å². The number of ether oxygens (including phenoxy) is 1. The van der Waals surface area contributed by atoms with Crippen LogP contribution in [0.15, 0.2) is 64.3 Å². The Labute approximate surface area is 170 Å². The summed E-state index contributed by atoms with van der Waals surface area (Å²) in [7, 11) is 1.56. The molecule has 0 aliphatic carbocycles. The van der Waals surface area contributed by atoms with Crippen molar-refractivity contribution in [1.82, 2.24) is 30.7 Å². The van der Waals surface area contributed by atoms with Crippen LogP contribution in [0, 0.1) is 0 Å². The second-order valence-electron chi connectivity index (χ2n) is 5.98. The van der Waals surface area contributed by atoms with Crippen molar-refractivity contribution < 1.29 is 14.2 Å². The molecule has 3 N–H and O–H groups in total. The molecule has 0 bridgehead atoms. The Morgan fingerprint density at radius 2 is 1.93 bits per heavy atom. The lowest BCUT2D eigenvalue weighted by Gasteiger charge is -2.05. The molecule has 2 aromatic carbocycles. The van der Waals surface area contributed by atoms with E-state index in [1.165, 1.54) is 10.9 Å². The molecule has 0 spiro atoms. The summed E-state index contributed by atoms with van der Waals surface area (Å²) in [5.41, 5.74) is 10.0. The van der Waals surface area contributed by atoms with Crippen LogP contribution in [-0.4, -0.2) is 44.5 Å². The van der Waals surface area contributed by atoms with Crippen molar-refractivity contribution in [1.29, 1.82) is 0 Å². The van der Waals surface area contributed by atoms with Crippen LogP contribution in [0.2, 0.25) is 0 Å². The standard InChI is InChI=1S/C19H16N8O3/c1-29-14-10-6-5-9-13(14)11-21-23-19(28)15-16(12-7-3-2-4-8-12)27(26-22-15)18-17(20)24-30-25-18/h2-11H,1H3,(H2,20,24)(H,23,28)/b21-11-. The third kappa shape index (κ3) is 3.58. The molecule has 4 rings (SSSR count). The molecule has 2 aromatic heterocycles. The maximum absolute atomic E-state index is 12.8. The van der Waals surface area contributed by atoms with Gasteiger partial charge in [0.25, 0.3) is 5.91 Å². The smallest absolute Gasteiger partial charge is 0.294 e. The minimum atomic E-state index is -0.568. The molecule has 0 aliphatic rings. The van der Waals surface area contributed by atoms with E-state index in [2.05, 4.69) is 35.8 Å². The third-order valence-electron chi connectivity index (χ3n) is 4.14. The summed E-state index contributed by atoms with van der Waals surface area (Å²) in [5.74, 6) is 0.192. The van der Waals surface area contributed by atoms with Gasteiger partial charge in [-0.2, -0.15) is 9.78 Å². The highest BCUT2D eigenvalue weighted by molar-refractivity contribution is 5.99. The maximum Gasteiger partial charge on any atom is 0.294 e. The predicted octanol–water partition coefficient (Wildman–Crippen LogP) is 1.67. The van der Waals surface area contributed by atoms with E-state index in [1.54, 1.807) is 31.4 Å². The largest absolute Gasteiger partial charge is 0.496 e. The van der Waals surface area contributed by atoms with E-state index in [0.717, 1.165) is 0 Å². The van der Waals surface area contributed by atoms with Crippen LogP contribution in [-0.2, 0) is 0 Å². The van der Waals surface area contributed by atoms with Gasteiger partial charge in [0, 0.05) is 11.1 Å². The minimum Gasteiger partial charge on any atom is -0.496 e. The number of anilines is 1. The summed E-state index contributed by atoms with van der Waals surface area (Å²) >= 11 is 0. The van der Waals surface area contributed by atoms with Crippen LogP contribution in [0.1, 0.15) is 16.1 Å². The molecule has 0 saturated carbocycles. The molecule has 1 amide bonds. The van der Waals surface area contributed by atoms with Gasteiger partial charge >= 0.3 is 0 Å². The van der Waals surface area contributed by atoms with Crippen molar-refractivity contribution in [2.75, 3.05) is 12.8 Å². The quantitative estimate of drug-likeness (QED) is 0.364. The number of aromatic nitrogens is 5. The van der Waals surface area contributed by atoms with E-state index < -0.39 is 5.91 Å². The number of nitrogens with one attached hydrogen (secondary N) is 1. The molecular weight excluding hydrogens is 388 g/mol. The van der Waals surface area contributed by atoms with Crippen LogP contribution in [0.4, 0.5) is 5.82 Å². The molecule has 2 heterocycles. The van der Waals surface area contributed by atoms with Crippen molar-refractivity contribution in [2.24, 2.45) is 5.10 Å². The molecule has 11 nitrogen and oxygen atoms in total. The number of hydrazone groups is 1. The van der Waals surface area contributed by atoms with E-state index in [-0.39, 0.29) is 17.3 Å². The van der Waals surface area contributed by atoms with E-state index in [9.17, 15) is 4.79 Å². The zero-order chi connectivity index (χ0) is 20.9. The Kier molecular flexibility index (Phi) is 5.16. The Hall–Kier alpha value is -4.54. The maximum atomic E-state index is 12.8. The lowest BCUT2D eigenvalue weighted by molar-refractivity contribution is 0.0950. The number of methoxy groups -OCH3 is 1. The van der Waals surface area contributed by atoms with E-state index in [1.807, 2.05) is 30.3 Å². The number of carbonyl (C=O) groups is 1. The first-order valence-corrected chi connectivity index (χ1v) is 8.75. The number of rotatable bonds is 6. The number of nitrogens with two attached hydrogens (primary N) is 1. The van der Waals surface area contributed by atoms with E-state index in [4.69, 9.17) is 10.5 Å². The van der Waals surface area contributed by atoms with Gasteiger partial charge in [0.2, 0.25) is 11.6 Å². The van der Waals surface area contributed by atoms with Gasteiger partial charge in [-0.3, -0.25) is 4.79 Å². The van der Waals surface area contributed by atoms with Crippen LogP contribution in [0.25, 0.3) is 17.1 Å². The summed E-state index contributed by atoms with van der Waals surface area (Å²) in [5, 5.41) is 19.3. The summed E-state index contributed by atoms with van der Waals surface area (Å²) in [4.78, 5) is 12.8. The van der Waals surface area contributed by atoms with Gasteiger partial charge in [0.15, 0.2) is 5.69 Å². The first kappa shape index (κ1) is 18.8. The van der Waals surface area contributed by atoms with Crippen molar-refractivity contribution in [2.45, 2.75) is 0 Å². The number of hydrogen-bond acceptors (Lipinski definition) is 9. The number of nitrogens with zero attached hydrogens (tertiary/aromatic N) is 6. The normalized spacial score (nSPS) is 11.0. The molecule has 0 aliphatic heterocycles. The zero-order valence-corrected chi connectivity index (χ0v) is 15.8. The van der Waals surface area contributed by atoms with Gasteiger partial charge < -0.3 is 10.5 Å². The highest BCUT2D eigenvalue weighted by Crippen LogP contribution is 2.26. The lowest BCUT2D eigenvalue weighted by atomic mass is 10.1. The average molecular weight is 404 g/mol. The first-order valence-electron chi connectivity index (χ1n) is 8.75. The number of benzene rings is 2. The highest BCUT2D eigenvalue weighted by atomic mass is 16.6. The van der Waals surface area contributed by atoms with Gasteiger partial charge in [0.1, 0.15) is 11.4 Å². The summed E-state index contributed by atoms with van der Waals surface area (Å²) < 4.78 is 11.2. The fourth-order valence-corrected chi connectivity index (χ4v) is 2.76. The zero-order valence-electron chi connectivity index (χ0n) is 15.8. The van der Waals surface area contributed by atoms with Gasteiger partial charge in [0.05, 0.1) is 13.3 Å². The molecule has 0 radical (unpaired) electrons. The second kappa shape index (κ2) is 8.22. The lowest BCUT2D eigenvalue weighted by Crippen LogP contribution is -2.19. The van der Waals surface area contributed by atoms with E-state index >= 15 is 0 Å². The van der Waals surface area contributed by atoms with Crippen molar-refractivity contribution in [3.05, 3.63) is 65.9 Å². The summed E-state index contributed by atoms with van der Waals surface area (Å²) in [6.07, 6.45) is 1.48. The highest BCUT2D eigenvalue weighted by Gasteiger charge is 2.24. The van der Waals surface area contributed by atoms with Gasteiger partial charge in [-0.25, -0.2) is 10.1 Å². The summed E-state index contributed by atoms with van der Waals surface area (Å²) in [6.45, 7) is 0. The van der Waals surface area contributed by atoms with Gasteiger partial charge in [-0.15, -0.1) is 5.10 Å². The SMILES string of the molecule is COc1ccccc1/C=N\NC(=O)c1nnn(-c2nonc2N)c1-c1ccccc1. The fraction of sp³-hybridized carbons (Fsp3) is 0.0526. The van der Waals surface area contributed by atoms with Crippen molar-refractivity contribution in [3.63, 3.8) is 0 Å². The molecule has 4 aromatic rings. The van der Waals surface area contributed by atoms with Gasteiger partial charge in [-0.1, -0.05) is 47.7 Å². The third-order valence-corrected chi connectivity index (χ3v) is 4.14. The molecule has 0 atom stereocenters. The number of amides is 1. The number of carbonyl (C=O) groups excluding carboxylic acids is 1. The van der Waals surface area contributed by atoms with Crippen LogP contribution in [0.5, 0.6) is 5.75 Å². The van der Waals surface area contributed by atoms with E-state index in [0.29, 0.717) is 22.6 Å². The fourth-order valence-electron chi connectivity index (χ4n) is 2.76. The summed E-state index contributed by atoms with van der Waals surface area (Å²) in [6, 6.07) is 16.4. The molecule has 0 unspecified atom stereocenters. The second-order valence-corrected chi connectivity index (χ2v) is 5.98. The van der Waals surface area contributed by atoms with Crippen LogP contribution < -0.4 is 15.9 Å². The monoisotopic (exact) mass is 404 g/mol. The molecular formula is C19H16N8O3. The van der Waals surface area contributed by atoms with Gasteiger partial charge in [-0.05, 0) is 22.4 Å². The molecule has 0 fully saturated rings. The molecule has 11 heteroatoms. The van der Waals surface area contributed by atoms with Crippen molar-refractivity contribution in [3.8, 4) is 22.8 Å². The Balaban J connectivity index is 1.67. The predicted molar refractivity (Wildman–Crippen MR) is 107 cm³/mol. The number of para-hydroxylation sites is 1. The first-order chi connectivity index (χ1) is 14.7. The van der Waals surface area contributed by atoms with Crippen LogP contribution >= 0.6 is 0 Å². The molecule has 0 saturated heterocycles. The van der Waals surface area contributed by atoms with Crippen LogP contribution in [0.3, 0.4) is 0 Å². The molecule has 30 heavy (non-hydrogen) atoms. The molecule has 150 valence electrons. The number of hydrogen-bond donors (Lipinski definition) is 2. The number of nitrogen functional groups attached to an aromatic ring is 1. The average Bonchev–Trinajstić information content (AvgIpc) is 3.40. The Morgan fingerprint density at radius 3 is 2.67 bits per heavy atom.